The van der Waals surface area contributed by atoms with Gasteiger partial charge in [0.2, 0.25) is 6.41 Å². The van der Waals surface area contributed by atoms with Crippen LogP contribution in [0.25, 0.3) is 5.70 Å². The number of anilines is 1. The number of hydrogen-bond donors (Lipinski definition) is 2. The van der Waals surface area contributed by atoms with Crippen LogP contribution in [-0.4, -0.2) is 31.3 Å². The smallest absolute Gasteiger partial charge is 0.373 e. The van der Waals surface area contributed by atoms with E-state index in [1.807, 2.05) is 6.07 Å². The molecule has 0 spiro atoms. The molecule has 0 saturated carbocycles. The van der Waals surface area contributed by atoms with Crippen LogP contribution in [0.2, 0.25) is 0 Å². The van der Waals surface area contributed by atoms with Crippen LogP contribution in [0.1, 0.15) is 52.7 Å². The van der Waals surface area contributed by atoms with E-state index in [4.69, 9.17) is 10.6 Å². The number of carbonyl (C=O) groups excluding carboxylic acids is 2. The normalized spacial score (nSPS) is 13.4. The number of aromatic nitrogens is 1. The van der Waals surface area contributed by atoms with Gasteiger partial charge in [-0.2, -0.15) is 13.2 Å². The van der Waals surface area contributed by atoms with E-state index in [-0.39, 0.29) is 5.69 Å². The Morgan fingerprint density at radius 1 is 1.05 bits per heavy atom. The Bertz CT molecular complexity index is 1320. The molecule has 7 nitrogen and oxygen atoms in total. The summed E-state index contributed by atoms with van der Waals surface area (Å²) in [6, 6.07) is 12.9. The van der Waals surface area contributed by atoms with Crippen molar-refractivity contribution in [1.82, 2.24) is 10.3 Å². The van der Waals surface area contributed by atoms with Gasteiger partial charge >= 0.3 is 6.18 Å². The zero-order valence-electron chi connectivity index (χ0n) is 21.8. The highest BCUT2D eigenvalue weighted by Crippen LogP contribution is 2.37. The van der Waals surface area contributed by atoms with E-state index in [0.717, 1.165) is 23.4 Å². The SMILES string of the molecule is COC(CCC/C=C(/c1ccncc1)N(N)c1ccc(C(F)(F)F)c(F)c1)(CCNC=O)c1ccccc1C=O. The number of nitrogens with one attached hydrogen (secondary N) is 1. The van der Waals surface area contributed by atoms with Crippen LogP contribution >= 0.6 is 0 Å². The first-order chi connectivity index (χ1) is 19.2. The summed E-state index contributed by atoms with van der Waals surface area (Å²) in [5, 5.41) is 3.76. The number of nitrogens with zero attached hydrogens (tertiary/aromatic N) is 2. The third-order valence-corrected chi connectivity index (χ3v) is 6.62. The fourth-order valence-corrected chi connectivity index (χ4v) is 4.58. The van der Waals surface area contributed by atoms with Crippen molar-refractivity contribution in [3.63, 3.8) is 0 Å². The largest absolute Gasteiger partial charge is 0.419 e. The van der Waals surface area contributed by atoms with Gasteiger partial charge in [0, 0.05) is 37.2 Å². The molecule has 0 aliphatic carbocycles. The standard InChI is InChI=1S/C29H30F4N4O3/c1-40-28(14-17-36-20-39,24-7-3-2-6-22(24)19-38)13-5-4-8-27(21-11-15-35-16-12-21)37(34)23-9-10-25(26(30)18-23)29(31,32)33/h2-3,6-12,15-16,18-20H,4-5,13-14,17,34H2,1H3,(H,36,39)/b27-8-. The van der Waals surface area contributed by atoms with Crippen LogP contribution in [-0.2, 0) is 21.3 Å². The number of carbonyl (C=O) groups is 2. The highest BCUT2D eigenvalue weighted by molar-refractivity contribution is 5.78. The van der Waals surface area contributed by atoms with E-state index in [1.165, 1.54) is 12.4 Å². The average molecular weight is 559 g/mol. The molecule has 1 aromatic heterocycles. The molecule has 0 aliphatic rings. The van der Waals surface area contributed by atoms with Crippen LogP contribution in [0.5, 0.6) is 0 Å². The van der Waals surface area contributed by atoms with Gasteiger partial charge < -0.3 is 10.1 Å². The zero-order chi connectivity index (χ0) is 29.2. The number of pyridine rings is 1. The van der Waals surface area contributed by atoms with Crippen LogP contribution < -0.4 is 16.2 Å². The van der Waals surface area contributed by atoms with E-state index in [0.29, 0.717) is 67.1 Å². The molecule has 40 heavy (non-hydrogen) atoms. The third kappa shape index (κ3) is 7.30. The fraction of sp³-hybridized carbons (Fsp3) is 0.276. The van der Waals surface area contributed by atoms with E-state index >= 15 is 0 Å². The van der Waals surface area contributed by atoms with Gasteiger partial charge in [-0.05, 0) is 61.6 Å². The summed E-state index contributed by atoms with van der Waals surface area (Å²) < 4.78 is 59.4. The summed E-state index contributed by atoms with van der Waals surface area (Å²) in [4.78, 5) is 26.6. The van der Waals surface area contributed by atoms with Gasteiger partial charge in [-0.1, -0.05) is 30.3 Å². The van der Waals surface area contributed by atoms with Crippen molar-refractivity contribution in [3.05, 3.63) is 101 Å². The second kappa shape index (κ2) is 13.8. The Hall–Kier alpha value is -4.09. The second-order valence-corrected chi connectivity index (χ2v) is 8.97. The number of hydrazine groups is 1. The maximum absolute atomic E-state index is 14.3. The first kappa shape index (κ1) is 30.5. The molecule has 0 bridgehead atoms. The van der Waals surface area contributed by atoms with Gasteiger partial charge in [0.25, 0.3) is 0 Å². The van der Waals surface area contributed by atoms with Crippen LogP contribution in [0, 0.1) is 5.82 Å². The van der Waals surface area contributed by atoms with E-state index in [2.05, 4.69) is 10.3 Å². The predicted octanol–water partition coefficient (Wildman–Crippen LogP) is 5.62. The Morgan fingerprint density at radius 3 is 2.40 bits per heavy atom. The third-order valence-electron chi connectivity index (χ3n) is 6.62. The molecule has 0 fully saturated rings. The minimum atomic E-state index is -4.83. The number of hydrogen-bond acceptors (Lipinski definition) is 6. The molecule has 1 heterocycles. The lowest BCUT2D eigenvalue weighted by molar-refractivity contribution is -0.140. The maximum Gasteiger partial charge on any atom is 0.419 e. The lowest BCUT2D eigenvalue weighted by Gasteiger charge is -2.34. The number of rotatable bonds is 14. The van der Waals surface area contributed by atoms with Crippen molar-refractivity contribution >= 4 is 24.1 Å². The quantitative estimate of drug-likeness (QED) is 0.0877. The number of unbranched alkanes of at least 4 members (excludes halogenated alkanes) is 1. The van der Waals surface area contributed by atoms with Crippen LogP contribution in [0.15, 0.2) is 73.1 Å². The van der Waals surface area contributed by atoms with Gasteiger partial charge in [-0.3, -0.25) is 19.6 Å². The van der Waals surface area contributed by atoms with Gasteiger partial charge in [-0.15, -0.1) is 0 Å². The monoisotopic (exact) mass is 558 g/mol. The highest BCUT2D eigenvalue weighted by Gasteiger charge is 2.35. The number of methoxy groups -OCH3 is 1. The van der Waals surface area contributed by atoms with Crippen LogP contribution in [0.3, 0.4) is 0 Å². The first-order valence-electron chi connectivity index (χ1n) is 12.5. The molecule has 3 rings (SSSR count). The number of halogens is 4. The van der Waals surface area contributed by atoms with Gasteiger partial charge in [0.1, 0.15) is 12.1 Å². The van der Waals surface area contributed by atoms with E-state index in [9.17, 15) is 27.2 Å². The molecule has 2 aromatic carbocycles. The average Bonchev–Trinajstić information content (AvgIpc) is 2.95. The van der Waals surface area contributed by atoms with Crippen molar-refractivity contribution in [2.45, 2.75) is 37.5 Å². The molecule has 0 aliphatic heterocycles. The van der Waals surface area contributed by atoms with Crippen LogP contribution in [0.4, 0.5) is 23.2 Å². The topological polar surface area (TPSA) is 97.5 Å². The van der Waals surface area contributed by atoms with Crippen molar-refractivity contribution in [3.8, 4) is 0 Å². The lowest BCUT2D eigenvalue weighted by Crippen LogP contribution is -2.34. The summed E-state index contributed by atoms with van der Waals surface area (Å²) in [6.45, 7) is 0.318. The Balaban J connectivity index is 1.89. The first-order valence-corrected chi connectivity index (χ1v) is 12.5. The molecule has 11 heteroatoms. The minimum Gasteiger partial charge on any atom is -0.373 e. The van der Waals surface area contributed by atoms with Gasteiger partial charge in [-0.25, -0.2) is 10.2 Å². The Labute approximate surface area is 229 Å². The van der Waals surface area contributed by atoms with Crippen molar-refractivity contribution in [1.29, 1.82) is 0 Å². The molecule has 212 valence electrons. The molecule has 1 atom stereocenters. The minimum absolute atomic E-state index is 0.0275. The summed E-state index contributed by atoms with van der Waals surface area (Å²) in [7, 11) is 1.54. The molecule has 1 amide bonds. The molecule has 0 radical (unpaired) electrons. The highest BCUT2D eigenvalue weighted by atomic mass is 19.4. The summed E-state index contributed by atoms with van der Waals surface area (Å²) in [5.74, 6) is 4.86. The van der Waals surface area contributed by atoms with Crippen molar-refractivity contribution in [2.24, 2.45) is 5.84 Å². The molecular formula is C29H30F4N4O3. The predicted molar refractivity (Wildman–Crippen MR) is 143 cm³/mol. The number of ether oxygens (including phenoxy) is 1. The molecular weight excluding hydrogens is 528 g/mol. The summed E-state index contributed by atoms with van der Waals surface area (Å²) >= 11 is 0. The number of benzene rings is 2. The maximum atomic E-state index is 14.3. The number of amides is 1. The number of nitrogens with two attached hydrogens (primary N) is 1. The fourth-order valence-electron chi connectivity index (χ4n) is 4.58. The molecule has 3 N–H and O–H groups in total. The van der Waals surface area contributed by atoms with Gasteiger partial charge in [0.05, 0.1) is 22.5 Å². The van der Waals surface area contributed by atoms with Crippen molar-refractivity contribution < 1.29 is 31.9 Å². The number of allylic oxidation sites excluding steroid dienone is 1. The summed E-state index contributed by atoms with van der Waals surface area (Å²) in [5.41, 5.74) is -0.0100. The Kier molecular flexibility index (Phi) is 10.5. The zero-order valence-corrected chi connectivity index (χ0v) is 21.8. The van der Waals surface area contributed by atoms with Gasteiger partial charge in [0.15, 0.2) is 0 Å². The summed E-state index contributed by atoms with van der Waals surface area (Å²) in [6.07, 6.45) is 3.26. The molecule has 0 saturated heterocycles. The number of aldehydes is 1. The second-order valence-electron chi connectivity index (χ2n) is 8.97. The van der Waals surface area contributed by atoms with E-state index < -0.39 is 23.2 Å². The molecule has 3 aromatic rings. The Morgan fingerprint density at radius 2 is 1.77 bits per heavy atom. The van der Waals surface area contributed by atoms with Crippen molar-refractivity contribution in [2.75, 3.05) is 18.7 Å². The number of alkyl halides is 3. The molecule has 1 unspecified atom stereocenters. The lowest BCUT2D eigenvalue weighted by atomic mass is 9.82. The van der Waals surface area contributed by atoms with E-state index in [1.54, 1.807) is 43.5 Å².